The van der Waals surface area contributed by atoms with Gasteiger partial charge in [-0.25, -0.2) is 4.39 Å². The van der Waals surface area contributed by atoms with Gasteiger partial charge in [-0.05, 0) is 36.6 Å². The van der Waals surface area contributed by atoms with Gasteiger partial charge in [-0.1, -0.05) is 17.7 Å². The predicted molar refractivity (Wildman–Crippen MR) is 101 cm³/mol. The number of nitrogens with one attached hydrogen (secondary N) is 1. The second kappa shape index (κ2) is 7.75. The summed E-state index contributed by atoms with van der Waals surface area (Å²) in [6, 6.07) is 5.02. The molecule has 4 rings (SSSR count). The molecular formula is C19H16ClF4N5O. The number of alkyl halides is 3. The van der Waals surface area contributed by atoms with E-state index in [1.54, 1.807) is 6.20 Å². The molecule has 0 unspecified atom stereocenters. The maximum absolute atomic E-state index is 13.1. The highest BCUT2D eigenvalue weighted by Gasteiger charge is 2.38. The zero-order valence-corrected chi connectivity index (χ0v) is 16.2. The SMILES string of the molecule is O=C(Cn1nc(C(F)(F)F)cc1C1CC1)Nc1cnn(Cc2ccc(F)cc2Cl)c1. The molecule has 0 radical (unpaired) electrons. The van der Waals surface area contributed by atoms with Gasteiger partial charge in [0.15, 0.2) is 5.69 Å². The monoisotopic (exact) mass is 441 g/mol. The minimum atomic E-state index is -4.56. The molecule has 6 nitrogen and oxygen atoms in total. The molecule has 1 fully saturated rings. The fourth-order valence-electron chi connectivity index (χ4n) is 3.08. The molecular weight excluding hydrogens is 426 g/mol. The molecule has 0 spiro atoms. The van der Waals surface area contributed by atoms with E-state index in [1.165, 1.54) is 29.1 Å². The molecule has 0 atom stereocenters. The van der Waals surface area contributed by atoms with Crippen LogP contribution in [0.3, 0.4) is 0 Å². The molecule has 1 aliphatic carbocycles. The van der Waals surface area contributed by atoms with E-state index < -0.39 is 23.6 Å². The Morgan fingerprint density at radius 2 is 2.03 bits per heavy atom. The van der Waals surface area contributed by atoms with Crippen LogP contribution < -0.4 is 5.32 Å². The minimum Gasteiger partial charge on any atom is -0.322 e. The lowest BCUT2D eigenvalue weighted by molar-refractivity contribution is -0.141. The van der Waals surface area contributed by atoms with Crippen LogP contribution in [0.15, 0.2) is 36.7 Å². The summed E-state index contributed by atoms with van der Waals surface area (Å²) in [5.74, 6) is -0.965. The molecule has 11 heteroatoms. The van der Waals surface area contributed by atoms with Crippen molar-refractivity contribution in [3.8, 4) is 0 Å². The molecule has 2 aromatic heterocycles. The third-order valence-corrected chi connectivity index (χ3v) is 5.01. The first-order valence-corrected chi connectivity index (χ1v) is 9.48. The molecule has 1 N–H and O–H groups in total. The van der Waals surface area contributed by atoms with Crippen molar-refractivity contribution in [1.29, 1.82) is 0 Å². The highest BCUT2D eigenvalue weighted by atomic mass is 35.5. The Balaban J connectivity index is 1.42. The minimum absolute atomic E-state index is 0.00427. The van der Waals surface area contributed by atoms with E-state index in [9.17, 15) is 22.4 Å². The summed E-state index contributed by atoms with van der Waals surface area (Å²) < 4.78 is 54.6. The third-order valence-electron chi connectivity index (χ3n) is 4.65. The molecule has 30 heavy (non-hydrogen) atoms. The van der Waals surface area contributed by atoms with E-state index in [-0.39, 0.29) is 24.0 Å². The standard InChI is InChI=1S/C19H16ClF4N5O/c20-15-5-13(21)4-3-12(15)8-28-9-14(7-25-28)26-18(30)10-29-16(11-1-2-11)6-17(27-29)19(22,23)24/h3-7,9,11H,1-2,8,10H2,(H,26,30). The highest BCUT2D eigenvalue weighted by Crippen LogP contribution is 2.42. The van der Waals surface area contributed by atoms with Gasteiger partial charge in [-0.3, -0.25) is 14.2 Å². The highest BCUT2D eigenvalue weighted by molar-refractivity contribution is 6.31. The Hall–Kier alpha value is -2.88. The summed E-state index contributed by atoms with van der Waals surface area (Å²) in [7, 11) is 0. The predicted octanol–water partition coefficient (Wildman–Crippen LogP) is 4.46. The zero-order valence-electron chi connectivity index (χ0n) is 15.5. The first-order chi connectivity index (χ1) is 14.2. The first kappa shape index (κ1) is 20.4. The van der Waals surface area contributed by atoms with Gasteiger partial charge in [-0.15, -0.1) is 0 Å². The lowest BCUT2D eigenvalue weighted by atomic mass is 10.2. The van der Waals surface area contributed by atoms with Gasteiger partial charge in [0.25, 0.3) is 0 Å². The largest absolute Gasteiger partial charge is 0.435 e. The Bertz CT molecular complexity index is 1090. The van der Waals surface area contributed by atoms with E-state index in [0.717, 1.165) is 23.6 Å². The molecule has 1 aromatic carbocycles. The molecule has 0 bridgehead atoms. The molecule has 1 aliphatic rings. The van der Waals surface area contributed by atoms with Crippen LogP contribution in [0.4, 0.5) is 23.2 Å². The maximum Gasteiger partial charge on any atom is 0.435 e. The van der Waals surface area contributed by atoms with Crippen LogP contribution >= 0.6 is 11.6 Å². The third kappa shape index (κ3) is 4.64. The van der Waals surface area contributed by atoms with Crippen molar-refractivity contribution < 1.29 is 22.4 Å². The summed E-state index contributed by atoms with van der Waals surface area (Å²) >= 11 is 6.00. The molecule has 0 aliphatic heterocycles. The number of aromatic nitrogens is 4. The number of amides is 1. The van der Waals surface area contributed by atoms with Crippen LogP contribution in [-0.4, -0.2) is 25.5 Å². The maximum atomic E-state index is 13.1. The number of hydrogen-bond donors (Lipinski definition) is 1. The van der Waals surface area contributed by atoms with Gasteiger partial charge in [0, 0.05) is 22.8 Å². The summed E-state index contributed by atoms with van der Waals surface area (Å²) in [5.41, 5.74) is 0.430. The number of rotatable bonds is 6. The Kier molecular flexibility index (Phi) is 5.27. The van der Waals surface area contributed by atoms with E-state index in [2.05, 4.69) is 15.5 Å². The van der Waals surface area contributed by atoms with Crippen molar-refractivity contribution in [2.45, 2.75) is 38.0 Å². The van der Waals surface area contributed by atoms with Gasteiger partial charge in [-0.2, -0.15) is 23.4 Å². The topological polar surface area (TPSA) is 64.7 Å². The zero-order chi connectivity index (χ0) is 21.5. The lowest BCUT2D eigenvalue weighted by Gasteiger charge is -2.07. The summed E-state index contributed by atoms with van der Waals surface area (Å²) in [6.45, 7) is -0.0776. The number of anilines is 1. The van der Waals surface area contributed by atoms with Crippen LogP contribution in [0, 0.1) is 5.82 Å². The average molecular weight is 442 g/mol. The van der Waals surface area contributed by atoms with Crippen LogP contribution in [0.25, 0.3) is 0 Å². The van der Waals surface area contributed by atoms with Gasteiger partial charge in [0.1, 0.15) is 12.4 Å². The van der Waals surface area contributed by atoms with Crippen LogP contribution in [0.2, 0.25) is 5.02 Å². The number of nitrogens with zero attached hydrogens (tertiary/aromatic N) is 4. The van der Waals surface area contributed by atoms with Gasteiger partial charge < -0.3 is 5.32 Å². The number of hydrogen-bond acceptors (Lipinski definition) is 3. The molecule has 158 valence electrons. The average Bonchev–Trinajstić information content (AvgIpc) is 3.26. The van der Waals surface area contributed by atoms with Crippen molar-refractivity contribution in [2.75, 3.05) is 5.32 Å². The smallest absolute Gasteiger partial charge is 0.322 e. The summed E-state index contributed by atoms with van der Waals surface area (Å²) in [6.07, 6.45) is -0.0498. The molecule has 1 amide bonds. The van der Waals surface area contributed by atoms with Crippen LogP contribution in [-0.2, 0) is 24.1 Å². The van der Waals surface area contributed by atoms with Gasteiger partial charge in [0.2, 0.25) is 5.91 Å². The second-order valence-corrected chi connectivity index (χ2v) is 7.50. The van der Waals surface area contributed by atoms with Crippen molar-refractivity contribution >= 4 is 23.2 Å². The van der Waals surface area contributed by atoms with E-state index >= 15 is 0 Å². The van der Waals surface area contributed by atoms with E-state index in [4.69, 9.17) is 11.6 Å². The number of carbonyl (C=O) groups excluding carboxylic acids is 1. The van der Waals surface area contributed by atoms with E-state index in [0.29, 0.717) is 16.9 Å². The van der Waals surface area contributed by atoms with E-state index in [1.807, 2.05) is 0 Å². The molecule has 3 aromatic rings. The second-order valence-electron chi connectivity index (χ2n) is 7.09. The molecule has 0 saturated heterocycles. The van der Waals surface area contributed by atoms with Crippen LogP contribution in [0.5, 0.6) is 0 Å². The Morgan fingerprint density at radius 1 is 1.27 bits per heavy atom. The fraction of sp³-hybridized carbons (Fsp3) is 0.316. The van der Waals surface area contributed by atoms with Crippen molar-refractivity contribution in [3.05, 3.63) is 64.5 Å². The van der Waals surface area contributed by atoms with Crippen molar-refractivity contribution in [1.82, 2.24) is 19.6 Å². The summed E-state index contributed by atoms with van der Waals surface area (Å²) in [4.78, 5) is 12.3. The number of benzene rings is 1. The Labute approximate surface area is 173 Å². The first-order valence-electron chi connectivity index (χ1n) is 9.10. The van der Waals surface area contributed by atoms with Crippen molar-refractivity contribution in [2.24, 2.45) is 0 Å². The van der Waals surface area contributed by atoms with Gasteiger partial charge >= 0.3 is 6.18 Å². The molecule has 2 heterocycles. The van der Waals surface area contributed by atoms with Crippen LogP contribution in [0.1, 0.15) is 35.7 Å². The molecule has 1 saturated carbocycles. The van der Waals surface area contributed by atoms with Gasteiger partial charge in [0.05, 0.1) is 18.4 Å². The summed E-state index contributed by atoms with van der Waals surface area (Å²) in [5, 5.41) is 10.5. The Morgan fingerprint density at radius 3 is 2.70 bits per heavy atom. The fourth-order valence-corrected chi connectivity index (χ4v) is 3.31. The number of carbonyl (C=O) groups is 1. The number of halogens is 5. The quantitative estimate of drug-likeness (QED) is 0.575. The van der Waals surface area contributed by atoms with Crippen molar-refractivity contribution in [3.63, 3.8) is 0 Å². The normalized spacial score (nSPS) is 14.2. The lowest BCUT2D eigenvalue weighted by Crippen LogP contribution is -2.21.